The van der Waals surface area contributed by atoms with Gasteiger partial charge < -0.3 is 10.2 Å². The van der Waals surface area contributed by atoms with Gasteiger partial charge in [-0.05, 0) is 33.1 Å². The van der Waals surface area contributed by atoms with E-state index in [9.17, 15) is 9.59 Å². The minimum Gasteiger partial charge on any atom is -0.478 e. The lowest BCUT2D eigenvalue weighted by atomic mass is 10.00. The first-order chi connectivity index (χ1) is 7.93. The maximum atomic E-state index is 11.1. The van der Waals surface area contributed by atoms with Crippen molar-refractivity contribution >= 4 is 59.7 Å². The zero-order chi connectivity index (χ0) is 13.2. The number of alkyl halides is 2. The van der Waals surface area contributed by atoms with E-state index in [2.05, 4.69) is 47.8 Å². The summed E-state index contributed by atoms with van der Waals surface area (Å²) in [6.07, 6.45) is 0. The van der Waals surface area contributed by atoms with Crippen LogP contribution in [0.1, 0.15) is 31.8 Å². The fourth-order valence-corrected chi connectivity index (χ4v) is 3.68. The lowest BCUT2D eigenvalue weighted by molar-refractivity contribution is 0.0650. The van der Waals surface area contributed by atoms with E-state index in [1.807, 2.05) is 0 Å². The average molecular weight is 431 g/mol. The number of hydrogen-bond acceptors (Lipinski definition) is 2. The molecule has 0 bridgehead atoms. The molecule has 1 aromatic carbocycles. The summed E-state index contributed by atoms with van der Waals surface area (Å²) >= 11 is 9.66. The molecule has 0 aromatic heterocycles. The second kappa shape index (κ2) is 5.97. The topological polar surface area (TPSA) is 74.6 Å². The maximum Gasteiger partial charge on any atom is 0.337 e. The molecule has 0 saturated heterocycles. The zero-order valence-electron chi connectivity index (χ0n) is 8.34. The van der Waals surface area contributed by atoms with E-state index in [1.54, 1.807) is 0 Å². The second-order valence-corrected chi connectivity index (χ2v) is 5.04. The van der Waals surface area contributed by atoms with Crippen molar-refractivity contribution in [2.45, 2.75) is 10.7 Å². The van der Waals surface area contributed by atoms with Crippen LogP contribution in [0.5, 0.6) is 0 Å². The predicted octanol–water partition coefficient (Wildman–Crippen LogP) is 3.64. The molecule has 1 rings (SSSR count). The molecular weight excluding hydrogens is 424 g/mol. The Kier molecular flexibility index (Phi) is 5.15. The molecule has 92 valence electrons. The largest absolute Gasteiger partial charge is 0.478 e. The summed E-state index contributed by atoms with van der Waals surface area (Å²) in [5.74, 6) is -2.52. The van der Waals surface area contributed by atoms with Crippen molar-refractivity contribution in [3.63, 3.8) is 0 Å². The van der Waals surface area contributed by atoms with Gasteiger partial charge in [-0.1, -0.05) is 31.9 Å². The Labute approximate surface area is 122 Å². The zero-order valence-corrected chi connectivity index (χ0v) is 13.1. The van der Waals surface area contributed by atoms with E-state index in [4.69, 9.17) is 10.2 Å². The first-order valence-electron chi connectivity index (χ1n) is 4.36. The number of halogens is 3. The molecular formula is C10H7Br3O4. The van der Waals surface area contributed by atoms with E-state index in [0.717, 1.165) is 11.1 Å². The predicted molar refractivity (Wildman–Crippen MR) is 73.3 cm³/mol. The number of carboxylic acids is 2. The highest BCUT2D eigenvalue weighted by Gasteiger charge is 2.23. The molecule has 4 nitrogen and oxygen atoms in total. The van der Waals surface area contributed by atoms with Gasteiger partial charge in [0.2, 0.25) is 0 Å². The van der Waals surface area contributed by atoms with Crippen molar-refractivity contribution in [3.8, 4) is 0 Å². The van der Waals surface area contributed by atoms with E-state index < -0.39 is 11.9 Å². The van der Waals surface area contributed by atoms with Crippen molar-refractivity contribution in [1.29, 1.82) is 0 Å². The van der Waals surface area contributed by atoms with Crippen LogP contribution in [0.3, 0.4) is 0 Å². The minimum atomic E-state index is -1.27. The summed E-state index contributed by atoms with van der Waals surface area (Å²) in [6, 6.07) is 1.38. The standard InChI is InChI=1S/C10H7Br3O4/c11-2-4-1-5(9(14)15)7(10(16)17)8(13)6(4)3-12/h1H,2-3H2,(H,14,15)(H,16,17). The molecule has 0 aliphatic carbocycles. The van der Waals surface area contributed by atoms with E-state index in [1.165, 1.54) is 6.07 Å². The molecule has 0 unspecified atom stereocenters. The molecule has 0 heterocycles. The Morgan fingerprint density at radius 2 is 1.71 bits per heavy atom. The Bertz CT molecular complexity index is 485. The van der Waals surface area contributed by atoms with E-state index in [0.29, 0.717) is 15.1 Å². The van der Waals surface area contributed by atoms with Crippen LogP contribution < -0.4 is 0 Å². The lowest BCUT2D eigenvalue weighted by Crippen LogP contribution is -2.12. The molecule has 0 spiro atoms. The molecule has 1 aromatic rings. The quantitative estimate of drug-likeness (QED) is 0.715. The monoisotopic (exact) mass is 428 g/mol. The van der Waals surface area contributed by atoms with Crippen molar-refractivity contribution < 1.29 is 19.8 Å². The molecule has 0 radical (unpaired) electrons. The van der Waals surface area contributed by atoms with Crippen LogP contribution in [0, 0.1) is 0 Å². The molecule has 0 atom stereocenters. The van der Waals surface area contributed by atoms with Gasteiger partial charge in [0.25, 0.3) is 0 Å². The summed E-state index contributed by atoms with van der Waals surface area (Å²) in [5, 5.41) is 19.0. The third kappa shape index (κ3) is 2.89. The molecule has 0 saturated carbocycles. The van der Waals surface area contributed by atoms with Gasteiger partial charge in [0.15, 0.2) is 0 Å². The van der Waals surface area contributed by atoms with Crippen LogP contribution in [0.15, 0.2) is 10.5 Å². The average Bonchev–Trinajstić information content (AvgIpc) is 2.26. The van der Waals surface area contributed by atoms with Crippen LogP contribution in [-0.2, 0) is 10.7 Å². The highest BCUT2D eigenvalue weighted by atomic mass is 79.9. The highest BCUT2D eigenvalue weighted by Crippen LogP contribution is 2.31. The molecule has 0 aliphatic heterocycles. The summed E-state index contributed by atoms with van der Waals surface area (Å²) < 4.78 is 0.302. The third-order valence-electron chi connectivity index (χ3n) is 2.18. The number of benzene rings is 1. The lowest BCUT2D eigenvalue weighted by Gasteiger charge is -2.12. The van der Waals surface area contributed by atoms with Gasteiger partial charge in [0, 0.05) is 15.1 Å². The number of rotatable bonds is 4. The number of aromatic carboxylic acids is 2. The fourth-order valence-electron chi connectivity index (χ4n) is 1.39. The fraction of sp³-hybridized carbons (Fsp3) is 0.200. The Morgan fingerprint density at radius 3 is 2.06 bits per heavy atom. The Balaban J connectivity index is 3.67. The van der Waals surface area contributed by atoms with Gasteiger partial charge in [-0.15, -0.1) is 0 Å². The van der Waals surface area contributed by atoms with Crippen molar-refractivity contribution in [1.82, 2.24) is 0 Å². The smallest absolute Gasteiger partial charge is 0.337 e. The van der Waals surface area contributed by atoms with Gasteiger partial charge in [0.1, 0.15) is 0 Å². The molecule has 0 fully saturated rings. The van der Waals surface area contributed by atoms with Gasteiger partial charge in [0.05, 0.1) is 11.1 Å². The first kappa shape index (κ1) is 14.7. The summed E-state index contributed by atoms with van der Waals surface area (Å²) in [5.41, 5.74) is 1.01. The van der Waals surface area contributed by atoms with Crippen LogP contribution in [-0.4, -0.2) is 22.2 Å². The third-order valence-corrected chi connectivity index (χ3v) is 4.22. The van der Waals surface area contributed by atoms with Crippen molar-refractivity contribution in [2.24, 2.45) is 0 Å². The summed E-state index contributed by atoms with van der Waals surface area (Å²) in [6.45, 7) is 0. The van der Waals surface area contributed by atoms with Crippen LogP contribution in [0.25, 0.3) is 0 Å². The van der Waals surface area contributed by atoms with Crippen molar-refractivity contribution in [3.05, 3.63) is 32.8 Å². The Morgan fingerprint density at radius 1 is 1.12 bits per heavy atom. The maximum absolute atomic E-state index is 11.1. The van der Waals surface area contributed by atoms with E-state index in [-0.39, 0.29) is 11.1 Å². The molecule has 7 heteroatoms. The van der Waals surface area contributed by atoms with E-state index >= 15 is 0 Å². The molecule has 17 heavy (non-hydrogen) atoms. The van der Waals surface area contributed by atoms with Crippen LogP contribution >= 0.6 is 47.8 Å². The number of carboxylic acid groups (broad SMARTS) is 2. The molecule has 2 N–H and O–H groups in total. The number of carbonyl (C=O) groups is 2. The Hall–Kier alpha value is -0.400. The van der Waals surface area contributed by atoms with Gasteiger partial charge in [-0.2, -0.15) is 0 Å². The van der Waals surface area contributed by atoms with Gasteiger partial charge in [-0.25, -0.2) is 9.59 Å². The summed E-state index contributed by atoms with van der Waals surface area (Å²) in [7, 11) is 0. The van der Waals surface area contributed by atoms with Crippen LogP contribution in [0.2, 0.25) is 0 Å². The minimum absolute atomic E-state index is 0.219. The SMILES string of the molecule is O=C(O)c1cc(CBr)c(CBr)c(Br)c1C(=O)O. The molecule has 0 aliphatic rings. The number of hydrogen-bond donors (Lipinski definition) is 2. The van der Waals surface area contributed by atoms with Gasteiger partial charge in [-0.3, -0.25) is 0 Å². The highest BCUT2D eigenvalue weighted by molar-refractivity contribution is 9.11. The normalized spacial score (nSPS) is 10.3. The van der Waals surface area contributed by atoms with Crippen LogP contribution in [0.4, 0.5) is 0 Å². The second-order valence-electron chi connectivity index (χ2n) is 3.13. The summed E-state index contributed by atoms with van der Waals surface area (Å²) in [4.78, 5) is 22.1. The first-order valence-corrected chi connectivity index (χ1v) is 7.40. The van der Waals surface area contributed by atoms with Gasteiger partial charge >= 0.3 is 11.9 Å². The molecule has 0 amide bonds. The van der Waals surface area contributed by atoms with Crippen molar-refractivity contribution in [2.75, 3.05) is 0 Å².